The molecule has 0 bridgehead atoms. The van der Waals surface area contributed by atoms with E-state index in [0.29, 0.717) is 25.3 Å². The molecule has 1 atom stereocenters. The molecule has 6 nitrogen and oxygen atoms in total. The molecule has 0 radical (unpaired) electrons. The normalized spacial score (nSPS) is 21.2. The molecule has 1 saturated heterocycles. The first kappa shape index (κ1) is 21.8. The summed E-state index contributed by atoms with van der Waals surface area (Å²) in [4.78, 5) is 39.5. The van der Waals surface area contributed by atoms with Crippen LogP contribution < -0.4 is 4.90 Å². The second kappa shape index (κ2) is 9.46. The van der Waals surface area contributed by atoms with Crippen molar-refractivity contribution in [2.75, 3.05) is 18.0 Å². The van der Waals surface area contributed by atoms with E-state index in [0.717, 1.165) is 73.7 Å². The molecule has 0 N–H and O–H groups in total. The van der Waals surface area contributed by atoms with Crippen molar-refractivity contribution in [2.45, 2.75) is 64.3 Å². The summed E-state index contributed by atoms with van der Waals surface area (Å²) in [6, 6.07) is 10.1. The topological polar surface area (TPSA) is 66.4 Å². The molecule has 172 valence electrons. The summed E-state index contributed by atoms with van der Waals surface area (Å²) in [6.07, 6.45) is 10.1. The molecule has 1 aromatic heterocycles. The molecule has 1 fully saturated rings. The highest BCUT2D eigenvalue weighted by Gasteiger charge is 2.32. The van der Waals surface area contributed by atoms with Crippen molar-refractivity contribution in [2.24, 2.45) is 5.92 Å². The molecule has 6 heteroatoms. The monoisotopic (exact) mass is 444 g/mol. The van der Waals surface area contributed by atoms with Crippen LogP contribution in [0, 0.1) is 12.8 Å². The number of fused-ring (bicyclic) bond motifs is 1. The van der Waals surface area contributed by atoms with Crippen LogP contribution in [-0.2, 0) is 22.6 Å². The number of carbonyl (C=O) groups excluding carboxylic acids is 2. The molecule has 2 aromatic rings. The van der Waals surface area contributed by atoms with E-state index in [1.165, 1.54) is 0 Å². The fourth-order valence-electron chi connectivity index (χ4n) is 5.35. The van der Waals surface area contributed by atoms with Gasteiger partial charge in [0.25, 0.3) is 0 Å². The van der Waals surface area contributed by atoms with Crippen LogP contribution in [-0.4, -0.2) is 39.8 Å². The Labute approximate surface area is 195 Å². The first-order valence-corrected chi connectivity index (χ1v) is 12.3. The van der Waals surface area contributed by atoms with Crippen molar-refractivity contribution in [3.8, 4) is 0 Å². The summed E-state index contributed by atoms with van der Waals surface area (Å²) in [7, 11) is 0. The average Bonchev–Trinajstić information content (AvgIpc) is 2.86. The van der Waals surface area contributed by atoms with E-state index in [4.69, 9.17) is 9.97 Å². The van der Waals surface area contributed by atoms with Gasteiger partial charge in [-0.3, -0.25) is 14.5 Å². The highest BCUT2D eigenvalue weighted by molar-refractivity contribution is 5.95. The van der Waals surface area contributed by atoms with Gasteiger partial charge in [-0.25, -0.2) is 9.97 Å². The van der Waals surface area contributed by atoms with Gasteiger partial charge in [0.2, 0.25) is 11.8 Å². The summed E-state index contributed by atoms with van der Waals surface area (Å²) in [5.74, 6) is 2.40. The number of likely N-dealkylation sites (tertiary alicyclic amines) is 1. The minimum atomic E-state index is 0.123. The second-order valence-corrected chi connectivity index (χ2v) is 9.52. The van der Waals surface area contributed by atoms with Gasteiger partial charge in [-0.15, -0.1) is 0 Å². The lowest BCUT2D eigenvalue weighted by Crippen LogP contribution is -2.42. The van der Waals surface area contributed by atoms with Crippen LogP contribution in [0.25, 0.3) is 0 Å². The molecule has 2 amide bonds. The smallest absolute Gasteiger partial charge is 0.228 e. The molecule has 1 unspecified atom stereocenters. The van der Waals surface area contributed by atoms with E-state index in [-0.39, 0.29) is 17.7 Å². The van der Waals surface area contributed by atoms with Crippen molar-refractivity contribution >= 4 is 17.6 Å². The minimum Gasteiger partial charge on any atom is -0.342 e. The number of nitrogens with zero attached hydrogens (tertiary/aromatic N) is 4. The van der Waals surface area contributed by atoms with E-state index in [2.05, 4.69) is 12.2 Å². The molecule has 3 heterocycles. The third-order valence-electron chi connectivity index (χ3n) is 7.33. The maximum atomic E-state index is 12.9. The number of benzene rings is 1. The molecule has 3 aliphatic rings. The number of rotatable bonds is 4. The lowest BCUT2D eigenvalue weighted by atomic mass is 9.90. The van der Waals surface area contributed by atoms with Crippen LogP contribution in [0.1, 0.15) is 67.1 Å². The SMILES string of the molecule is Cc1nc(C2CCN(C(=O)C3CC=CCC3)CC2)nc2c1CCC(=O)N2Cc1ccccc1. The van der Waals surface area contributed by atoms with Gasteiger partial charge < -0.3 is 4.90 Å². The van der Waals surface area contributed by atoms with Crippen LogP contribution in [0.5, 0.6) is 0 Å². The second-order valence-electron chi connectivity index (χ2n) is 9.52. The molecule has 2 aliphatic heterocycles. The standard InChI is InChI=1S/C27H32N4O2/c1-19-23-12-13-24(32)31(18-20-8-4-2-5-9-20)26(23)29-25(28-19)21-14-16-30(17-15-21)27(33)22-10-6-3-7-11-22/h2-6,8-9,21-22H,7,10-18H2,1H3. The van der Waals surface area contributed by atoms with Crippen molar-refractivity contribution < 1.29 is 9.59 Å². The molecule has 33 heavy (non-hydrogen) atoms. The van der Waals surface area contributed by atoms with Gasteiger partial charge in [0.05, 0.1) is 6.54 Å². The van der Waals surface area contributed by atoms with Crippen molar-refractivity contribution in [1.82, 2.24) is 14.9 Å². The first-order chi connectivity index (χ1) is 16.1. The molecule has 1 aromatic carbocycles. The number of anilines is 1. The Hall–Kier alpha value is -3.02. The maximum Gasteiger partial charge on any atom is 0.228 e. The van der Waals surface area contributed by atoms with Crippen molar-refractivity contribution in [3.05, 3.63) is 65.1 Å². The zero-order valence-corrected chi connectivity index (χ0v) is 19.4. The van der Waals surface area contributed by atoms with E-state index < -0.39 is 0 Å². The number of piperidine rings is 1. The third kappa shape index (κ3) is 4.56. The van der Waals surface area contributed by atoms with Gasteiger partial charge in [0.1, 0.15) is 11.6 Å². The number of hydrogen-bond acceptors (Lipinski definition) is 4. The Bertz CT molecular complexity index is 1060. The zero-order chi connectivity index (χ0) is 22.8. The van der Waals surface area contributed by atoms with E-state index >= 15 is 0 Å². The van der Waals surface area contributed by atoms with Crippen LogP contribution in [0.3, 0.4) is 0 Å². The number of aromatic nitrogens is 2. The Balaban J connectivity index is 1.33. The van der Waals surface area contributed by atoms with E-state index in [1.807, 2.05) is 47.1 Å². The van der Waals surface area contributed by atoms with Gasteiger partial charge in [0.15, 0.2) is 0 Å². The Morgan fingerprint density at radius 2 is 1.82 bits per heavy atom. The fraction of sp³-hybridized carbons (Fsp3) is 0.481. The van der Waals surface area contributed by atoms with Crippen LogP contribution in [0.15, 0.2) is 42.5 Å². The maximum absolute atomic E-state index is 12.9. The van der Waals surface area contributed by atoms with Gasteiger partial charge in [-0.05, 0) is 51.0 Å². The average molecular weight is 445 g/mol. The predicted octanol–water partition coefficient (Wildman–Crippen LogP) is 4.33. The highest BCUT2D eigenvalue weighted by atomic mass is 16.2. The lowest BCUT2D eigenvalue weighted by molar-refractivity contribution is -0.136. The van der Waals surface area contributed by atoms with Gasteiger partial charge >= 0.3 is 0 Å². The minimum absolute atomic E-state index is 0.123. The largest absolute Gasteiger partial charge is 0.342 e. The number of allylic oxidation sites excluding steroid dienone is 2. The van der Waals surface area contributed by atoms with Gasteiger partial charge in [-0.2, -0.15) is 0 Å². The summed E-state index contributed by atoms with van der Waals surface area (Å²) in [5, 5.41) is 0. The summed E-state index contributed by atoms with van der Waals surface area (Å²) in [5.41, 5.74) is 3.17. The van der Waals surface area contributed by atoms with Crippen LogP contribution in [0.4, 0.5) is 5.82 Å². The quantitative estimate of drug-likeness (QED) is 0.659. The van der Waals surface area contributed by atoms with E-state index in [9.17, 15) is 9.59 Å². The van der Waals surface area contributed by atoms with Gasteiger partial charge in [0, 0.05) is 42.6 Å². The number of aryl methyl sites for hydroxylation is 1. The first-order valence-electron chi connectivity index (χ1n) is 12.3. The predicted molar refractivity (Wildman–Crippen MR) is 128 cm³/mol. The Morgan fingerprint density at radius 1 is 1.03 bits per heavy atom. The molecule has 1 aliphatic carbocycles. The summed E-state index contributed by atoms with van der Waals surface area (Å²) < 4.78 is 0. The Morgan fingerprint density at radius 3 is 2.55 bits per heavy atom. The zero-order valence-electron chi connectivity index (χ0n) is 19.4. The molecule has 0 spiro atoms. The van der Waals surface area contributed by atoms with Crippen LogP contribution >= 0.6 is 0 Å². The van der Waals surface area contributed by atoms with Crippen molar-refractivity contribution in [3.63, 3.8) is 0 Å². The molecular weight excluding hydrogens is 412 g/mol. The van der Waals surface area contributed by atoms with E-state index in [1.54, 1.807) is 0 Å². The lowest BCUT2D eigenvalue weighted by Gasteiger charge is -2.35. The molecular formula is C27H32N4O2. The van der Waals surface area contributed by atoms with Gasteiger partial charge in [-0.1, -0.05) is 42.5 Å². The number of carbonyl (C=O) groups is 2. The summed E-state index contributed by atoms with van der Waals surface area (Å²) >= 11 is 0. The Kier molecular flexibility index (Phi) is 6.25. The fourth-order valence-corrected chi connectivity index (χ4v) is 5.35. The highest BCUT2D eigenvalue weighted by Crippen LogP contribution is 2.34. The molecule has 0 saturated carbocycles. The number of amides is 2. The van der Waals surface area contributed by atoms with Crippen LogP contribution in [0.2, 0.25) is 0 Å². The third-order valence-corrected chi connectivity index (χ3v) is 7.33. The number of hydrogen-bond donors (Lipinski definition) is 0. The van der Waals surface area contributed by atoms with Crippen molar-refractivity contribution in [1.29, 1.82) is 0 Å². The summed E-state index contributed by atoms with van der Waals surface area (Å²) in [6.45, 7) is 4.09. The molecule has 5 rings (SSSR count).